The average Bonchev–Trinajstić information content (AvgIpc) is 2.83. The summed E-state index contributed by atoms with van der Waals surface area (Å²) < 4.78 is 5.52. The molecular formula is C24H34N6OS. The van der Waals surface area contributed by atoms with Crippen molar-refractivity contribution in [2.45, 2.75) is 32.6 Å². The van der Waals surface area contributed by atoms with Crippen molar-refractivity contribution in [2.75, 3.05) is 61.1 Å². The van der Waals surface area contributed by atoms with Crippen LogP contribution in [-0.4, -0.2) is 61.0 Å². The number of piperidine rings is 1. The molecule has 0 spiro atoms. The number of rotatable bonds is 7. The third-order valence-electron chi connectivity index (χ3n) is 6.01. The molecule has 4 rings (SSSR count). The quantitative estimate of drug-likeness (QED) is 0.487. The van der Waals surface area contributed by atoms with Gasteiger partial charge in [0.25, 0.3) is 0 Å². The predicted molar refractivity (Wildman–Crippen MR) is 135 cm³/mol. The van der Waals surface area contributed by atoms with Gasteiger partial charge in [-0.2, -0.15) is 9.97 Å². The molecule has 0 amide bonds. The van der Waals surface area contributed by atoms with Gasteiger partial charge in [-0.25, -0.2) is 0 Å². The fourth-order valence-corrected chi connectivity index (χ4v) is 4.47. The lowest BCUT2D eigenvalue weighted by atomic mass is 10.0. The van der Waals surface area contributed by atoms with Crippen molar-refractivity contribution in [3.05, 3.63) is 42.0 Å². The van der Waals surface area contributed by atoms with Crippen molar-refractivity contribution < 1.29 is 4.74 Å². The van der Waals surface area contributed by atoms with Gasteiger partial charge in [-0.05, 0) is 49.4 Å². The van der Waals surface area contributed by atoms with Crippen LogP contribution in [0.25, 0.3) is 0 Å². The van der Waals surface area contributed by atoms with Crippen LogP contribution in [0.4, 0.5) is 17.6 Å². The number of thiocarbonyl (C=S) groups is 1. The van der Waals surface area contributed by atoms with Crippen molar-refractivity contribution in [3.8, 4) is 0 Å². The minimum absolute atomic E-state index is 0.558. The monoisotopic (exact) mass is 454 g/mol. The SMILES string of the molecule is CC1CCCN(c2cc(N3CCOCC3)nc(NC(=S)NCCCc3ccccc3)n2)C1. The van der Waals surface area contributed by atoms with Crippen molar-refractivity contribution in [3.63, 3.8) is 0 Å². The number of nitrogens with zero attached hydrogens (tertiary/aromatic N) is 4. The van der Waals surface area contributed by atoms with E-state index in [2.05, 4.69) is 57.7 Å². The lowest BCUT2D eigenvalue weighted by molar-refractivity contribution is 0.122. The number of anilines is 3. The van der Waals surface area contributed by atoms with Gasteiger partial charge in [0.1, 0.15) is 11.6 Å². The van der Waals surface area contributed by atoms with Gasteiger partial charge < -0.3 is 25.2 Å². The lowest BCUT2D eigenvalue weighted by Gasteiger charge is -2.33. The van der Waals surface area contributed by atoms with Crippen LogP contribution in [0.2, 0.25) is 0 Å². The zero-order chi connectivity index (χ0) is 22.2. The molecule has 0 bridgehead atoms. The molecule has 8 heteroatoms. The summed E-state index contributed by atoms with van der Waals surface area (Å²) in [6, 6.07) is 12.6. The van der Waals surface area contributed by atoms with Gasteiger partial charge in [-0.1, -0.05) is 37.3 Å². The summed E-state index contributed by atoms with van der Waals surface area (Å²) in [5.74, 6) is 3.14. The molecule has 2 aliphatic rings. The number of morpholine rings is 1. The molecule has 2 aliphatic heterocycles. The molecule has 1 unspecified atom stereocenters. The lowest BCUT2D eigenvalue weighted by Crippen LogP contribution is -2.38. The molecule has 2 saturated heterocycles. The Bertz CT molecular complexity index is 874. The summed E-state index contributed by atoms with van der Waals surface area (Å²) in [6.45, 7) is 8.31. The van der Waals surface area contributed by atoms with Crippen LogP contribution < -0.4 is 20.4 Å². The minimum Gasteiger partial charge on any atom is -0.378 e. The van der Waals surface area contributed by atoms with Gasteiger partial charge >= 0.3 is 0 Å². The van der Waals surface area contributed by atoms with Crippen molar-refractivity contribution in [1.29, 1.82) is 0 Å². The van der Waals surface area contributed by atoms with Gasteiger partial charge in [0.05, 0.1) is 13.2 Å². The number of aromatic nitrogens is 2. The molecule has 2 fully saturated rings. The standard InChI is InChI=1S/C24H34N6OS/c1-19-7-6-12-30(18-19)22-17-21(29-13-15-31-16-14-29)26-23(27-22)28-24(32)25-11-5-10-20-8-3-2-4-9-20/h2-4,8-9,17,19H,5-7,10-16,18H2,1H3,(H2,25,26,27,28,32). The number of benzene rings is 1. The average molecular weight is 455 g/mol. The Labute approximate surface area is 196 Å². The van der Waals surface area contributed by atoms with E-state index in [-0.39, 0.29) is 0 Å². The molecule has 1 aromatic heterocycles. The Morgan fingerprint density at radius 3 is 2.59 bits per heavy atom. The van der Waals surface area contributed by atoms with Gasteiger partial charge in [0, 0.05) is 38.8 Å². The van der Waals surface area contributed by atoms with Crippen molar-refractivity contribution >= 4 is 34.9 Å². The molecule has 32 heavy (non-hydrogen) atoms. The third-order valence-corrected chi connectivity index (χ3v) is 6.26. The number of hydrogen-bond acceptors (Lipinski definition) is 6. The van der Waals surface area contributed by atoms with E-state index in [9.17, 15) is 0 Å². The van der Waals surface area contributed by atoms with Gasteiger partial charge in [0.2, 0.25) is 5.95 Å². The molecule has 1 aromatic carbocycles. The van der Waals surface area contributed by atoms with Crippen LogP contribution in [0, 0.1) is 5.92 Å². The van der Waals surface area contributed by atoms with Gasteiger partial charge in [-0.3, -0.25) is 0 Å². The highest BCUT2D eigenvalue weighted by Crippen LogP contribution is 2.26. The van der Waals surface area contributed by atoms with E-state index in [1.807, 2.05) is 6.07 Å². The van der Waals surface area contributed by atoms with Crippen molar-refractivity contribution in [1.82, 2.24) is 15.3 Å². The molecule has 2 N–H and O–H groups in total. The zero-order valence-electron chi connectivity index (χ0n) is 18.9. The van der Waals surface area contributed by atoms with Crippen LogP contribution in [0.15, 0.2) is 36.4 Å². The fraction of sp³-hybridized carbons (Fsp3) is 0.542. The highest BCUT2D eigenvalue weighted by Gasteiger charge is 2.21. The number of aryl methyl sites for hydroxylation is 1. The van der Waals surface area contributed by atoms with Gasteiger partial charge in [-0.15, -0.1) is 0 Å². The number of hydrogen-bond donors (Lipinski definition) is 2. The molecular weight excluding hydrogens is 420 g/mol. The molecule has 172 valence electrons. The summed E-state index contributed by atoms with van der Waals surface area (Å²) in [5, 5.41) is 7.09. The second-order valence-electron chi connectivity index (χ2n) is 8.67. The molecule has 0 saturated carbocycles. The Morgan fingerprint density at radius 1 is 1.09 bits per heavy atom. The van der Waals surface area contributed by atoms with Gasteiger partial charge in [0.15, 0.2) is 5.11 Å². The first-order valence-electron chi connectivity index (χ1n) is 11.7. The van der Waals surface area contributed by atoms with Crippen LogP contribution in [-0.2, 0) is 11.2 Å². The highest BCUT2D eigenvalue weighted by atomic mass is 32.1. The Morgan fingerprint density at radius 2 is 1.84 bits per heavy atom. The van der Waals surface area contributed by atoms with E-state index < -0.39 is 0 Å². The van der Waals surface area contributed by atoms with E-state index in [0.29, 0.717) is 17.0 Å². The Hall–Kier alpha value is -2.45. The minimum atomic E-state index is 0.558. The zero-order valence-corrected chi connectivity index (χ0v) is 19.7. The maximum absolute atomic E-state index is 5.53. The molecule has 3 heterocycles. The van der Waals surface area contributed by atoms with E-state index in [1.165, 1.54) is 18.4 Å². The van der Waals surface area contributed by atoms with E-state index in [1.54, 1.807) is 0 Å². The van der Waals surface area contributed by atoms with E-state index in [0.717, 1.165) is 70.4 Å². The van der Waals surface area contributed by atoms with Crippen LogP contribution >= 0.6 is 12.2 Å². The fourth-order valence-electron chi connectivity index (χ4n) is 4.28. The summed E-state index contributed by atoms with van der Waals surface area (Å²) in [6.07, 6.45) is 4.51. The molecule has 0 aliphatic carbocycles. The summed E-state index contributed by atoms with van der Waals surface area (Å²) in [4.78, 5) is 14.2. The maximum atomic E-state index is 5.53. The molecule has 7 nitrogen and oxygen atoms in total. The van der Waals surface area contributed by atoms with Crippen LogP contribution in [0.3, 0.4) is 0 Å². The van der Waals surface area contributed by atoms with E-state index in [4.69, 9.17) is 26.9 Å². The first-order valence-corrected chi connectivity index (χ1v) is 12.1. The van der Waals surface area contributed by atoms with E-state index >= 15 is 0 Å². The number of ether oxygens (including phenoxy) is 1. The largest absolute Gasteiger partial charge is 0.378 e. The molecule has 1 atom stereocenters. The summed E-state index contributed by atoms with van der Waals surface area (Å²) in [7, 11) is 0. The predicted octanol–water partition coefficient (Wildman–Crippen LogP) is 3.47. The molecule has 0 radical (unpaired) electrons. The third kappa shape index (κ3) is 6.53. The second kappa shape index (κ2) is 11.4. The van der Waals surface area contributed by atoms with Crippen LogP contribution in [0.1, 0.15) is 31.7 Å². The Balaban J connectivity index is 1.39. The smallest absolute Gasteiger partial charge is 0.232 e. The summed E-state index contributed by atoms with van der Waals surface area (Å²) >= 11 is 5.53. The number of nitrogens with one attached hydrogen (secondary N) is 2. The van der Waals surface area contributed by atoms with Crippen molar-refractivity contribution in [2.24, 2.45) is 5.92 Å². The Kier molecular flexibility index (Phi) is 8.12. The first kappa shape index (κ1) is 22.7. The second-order valence-corrected chi connectivity index (χ2v) is 9.08. The summed E-state index contributed by atoms with van der Waals surface area (Å²) in [5.41, 5.74) is 1.34. The van der Waals surface area contributed by atoms with Crippen LogP contribution in [0.5, 0.6) is 0 Å². The molecule has 2 aromatic rings. The normalized spacial score (nSPS) is 19.0. The highest BCUT2D eigenvalue weighted by molar-refractivity contribution is 7.80. The maximum Gasteiger partial charge on any atom is 0.232 e. The topological polar surface area (TPSA) is 65.6 Å². The first-order chi connectivity index (χ1) is 15.7.